The van der Waals surface area contributed by atoms with Crippen LogP contribution in [-0.4, -0.2) is 45.7 Å². The van der Waals surface area contributed by atoms with Crippen LogP contribution >= 0.6 is 0 Å². The molecular formula is C15H23N5. The molecule has 0 spiro atoms. The molecule has 1 N–H and O–H groups in total. The van der Waals surface area contributed by atoms with Crippen LogP contribution in [-0.2, 0) is 6.54 Å². The maximum Gasteiger partial charge on any atom is 0.155 e. The van der Waals surface area contributed by atoms with E-state index in [0.717, 1.165) is 30.3 Å². The molecule has 1 fully saturated rings. The molecule has 2 aromatic heterocycles. The molecule has 0 bridgehead atoms. The molecule has 2 aromatic rings. The number of hydrogen-bond acceptors (Lipinski definition) is 4. The van der Waals surface area contributed by atoms with Gasteiger partial charge < -0.3 is 10.2 Å². The van der Waals surface area contributed by atoms with E-state index in [4.69, 9.17) is 0 Å². The molecule has 3 rings (SSSR count). The van der Waals surface area contributed by atoms with Crippen LogP contribution in [0.5, 0.6) is 0 Å². The zero-order valence-electron chi connectivity index (χ0n) is 12.3. The van der Waals surface area contributed by atoms with Gasteiger partial charge in [-0.05, 0) is 38.9 Å². The lowest BCUT2D eigenvalue weighted by Gasteiger charge is -2.13. The molecule has 1 unspecified atom stereocenters. The summed E-state index contributed by atoms with van der Waals surface area (Å²) >= 11 is 0. The van der Waals surface area contributed by atoms with Crippen molar-refractivity contribution in [2.24, 2.45) is 5.92 Å². The third-order valence-electron chi connectivity index (χ3n) is 4.07. The Morgan fingerprint density at radius 3 is 3.15 bits per heavy atom. The molecule has 0 aromatic carbocycles. The van der Waals surface area contributed by atoms with E-state index in [9.17, 15) is 0 Å². The molecule has 5 nitrogen and oxygen atoms in total. The minimum atomic E-state index is 0.790. The average molecular weight is 273 g/mol. The quantitative estimate of drug-likeness (QED) is 0.896. The molecular weight excluding hydrogens is 250 g/mol. The summed E-state index contributed by atoms with van der Waals surface area (Å²) in [5, 5.41) is 7.95. The Morgan fingerprint density at radius 1 is 1.45 bits per heavy atom. The number of aryl methyl sites for hydroxylation is 1. The van der Waals surface area contributed by atoms with Crippen LogP contribution in [0, 0.1) is 12.8 Å². The van der Waals surface area contributed by atoms with Gasteiger partial charge in [-0.1, -0.05) is 6.92 Å². The first-order chi connectivity index (χ1) is 9.74. The average Bonchev–Trinajstić information content (AvgIpc) is 3.03. The van der Waals surface area contributed by atoms with E-state index in [1.54, 1.807) is 0 Å². The maximum absolute atomic E-state index is 4.43. The third kappa shape index (κ3) is 2.99. The van der Waals surface area contributed by atoms with Crippen molar-refractivity contribution in [3.8, 4) is 0 Å². The summed E-state index contributed by atoms with van der Waals surface area (Å²) in [4.78, 5) is 6.95. The van der Waals surface area contributed by atoms with Crippen LogP contribution in [0.1, 0.15) is 24.6 Å². The smallest absolute Gasteiger partial charge is 0.155 e. The summed E-state index contributed by atoms with van der Waals surface area (Å²) in [6.45, 7) is 9.85. The number of rotatable bonds is 5. The van der Waals surface area contributed by atoms with E-state index < -0.39 is 0 Å². The van der Waals surface area contributed by atoms with Gasteiger partial charge >= 0.3 is 0 Å². The summed E-state index contributed by atoms with van der Waals surface area (Å²) < 4.78 is 1.86. The highest BCUT2D eigenvalue weighted by atomic mass is 15.2. The lowest BCUT2D eigenvalue weighted by molar-refractivity contribution is 0.339. The number of fused-ring (bicyclic) bond motifs is 1. The molecule has 3 heterocycles. The van der Waals surface area contributed by atoms with Gasteiger partial charge in [-0.15, -0.1) is 0 Å². The van der Waals surface area contributed by atoms with Gasteiger partial charge in [0.15, 0.2) is 5.65 Å². The van der Waals surface area contributed by atoms with Gasteiger partial charge in [-0.3, -0.25) is 0 Å². The minimum Gasteiger partial charge on any atom is -0.312 e. The van der Waals surface area contributed by atoms with Crippen LogP contribution in [0.25, 0.3) is 5.65 Å². The highest BCUT2D eigenvalue weighted by Crippen LogP contribution is 2.14. The normalized spacial score (nSPS) is 20.0. The van der Waals surface area contributed by atoms with Crippen molar-refractivity contribution in [3.63, 3.8) is 0 Å². The Morgan fingerprint density at radius 2 is 2.35 bits per heavy atom. The van der Waals surface area contributed by atoms with Crippen molar-refractivity contribution >= 4 is 5.65 Å². The SMILES string of the molecule is CCN1CCC(CNCc2cnc3cc(C)nn3c2)C1. The molecule has 1 saturated heterocycles. The second-order valence-corrected chi connectivity index (χ2v) is 5.73. The largest absolute Gasteiger partial charge is 0.312 e. The van der Waals surface area contributed by atoms with E-state index in [-0.39, 0.29) is 0 Å². The van der Waals surface area contributed by atoms with Crippen molar-refractivity contribution in [1.29, 1.82) is 0 Å². The molecule has 20 heavy (non-hydrogen) atoms. The van der Waals surface area contributed by atoms with Gasteiger partial charge in [-0.25, -0.2) is 9.50 Å². The van der Waals surface area contributed by atoms with Crippen LogP contribution in [0.3, 0.4) is 0 Å². The number of likely N-dealkylation sites (tertiary alicyclic amines) is 1. The second kappa shape index (κ2) is 5.89. The van der Waals surface area contributed by atoms with Gasteiger partial charge in [0.2, 0.25) is 0 Å². The molecule has 1 aliphatic rings. The maximum atomic E-state index is 4.43. The molecule has 0 amide bonds. The molecule has 0 radical (unpaired) electrons. The predicted octanol–water partition coefficient (Wildman–Crippen LogP) is 1.47. The first kappa shape index (κ1) is 13.5. The van der Waals surface area contributed by atoms with Crippen LogP contribution in [0.15, 0.2) is 18.5 Å². The molecule has 5 heteroatoms. The summed E-state index contributed by atoms with van der Waals surface area (Å²) in [7, 11) is 0. The number of hydrogen-bond donors (Lipinski definition) is 1. The van der Waals surface area contributed by atoms with E-state index in [2.05, 4.69) is 33.4 Å². The van der Waals surface area contributed by atoms with Crippen LogP contribution in [0.2, 0.25) is 0 Å². The summed E-state index contributed by atoms with van der Waals surface area (Å²) in [5.41, 5.74) is 3.11. The van der Waals surface area contributed by atoms with E-state index in [1.165, 1.54) is 31.6 Å². The number of nitrogens with zero attached hydrogens (tertiary/aromatic N) is 4. The van der Waals surface area contributed by atoms with E-state index in [0.29, 0.717) is 0 Å². The minimum absolute atomic E-state index is 0.790. The lowest BCUT2D eigenvalue weighted by Crippen LogP contribution is -2.26. The summed E-state index contributed by atoms with van der Waals surface area (Å²) in [5.74, 6) is 0.790. The zero-order valence-corrected chi connectivity index (χ0v) is 12.3. The summed E-state index contributed by atoms with van der Waals surface area (Å²) in [6, 6.07) is 2.00. The highest BCUT2D eigenvalue weighted by molar-refractivity contribution is 5.38. The Bertz CT molecular complexity index is 577. The van der Waals surface area contributed by atoms with Crippen molar-refractivity contribution in [1.82, 2.24) is 24.8 Å². The topological polar surface area (TPSA) is 45.5 Å². The molecule has 108 valence electrons. The van der Waals surface area contributed by atoms with Gasteiger partial charge in [0, 0.05) is 37.1 Å². The van der Waals surface area contributed by atoms with Crippen LogP contribution in [0.4, 0.5) is 0 Å². The van der Waals surface area contributed by atoms with Gasteiger partial charge in [0.1, 0.15) is 0 Å². The Hall–Kier alpha value is -1.46. The Balaban J connectivity index is 1.52. The van der Waals surface area contributed by atoms with E-state index >= 15 is 0 Å². The second-order valence-electron chi connectivity index (χ2n) is 5.73. The van der Waals surface area contributed by atoms with Crippen molar-refractivity contribution in [2.45, 2.75) is 26.8 Å². The first-order valence-corrected chi connectivity index (χ1v) is 7.48. The van der Waals surface area contributed by atoms with Crippen molar-refractivity contribution in [3.05, 3.63) is 29.7 Å². The highest BCUT2D eigenvalue weighted by Gasteiger charge is 2.20. The van der Waals surface area contributed by atoms with Gasteiger partial charge in [0.05, 0.1) is 5.69 Å². The first-order valence-electron chi connectivity index (χ1n) is 7.48. The van der Waals surface area contributed by atoms with Crippen molar-refractivity contribution in [2.75, 3.05) is 26.2 Å². The number of nitrogens with one attached hydrogen (secondary N) is 1. The van der Waals surface area contributed by atoms with Gasteiger partial charge in [-0.2, -0.15) is 5.10 Å². The monoisotopic (exact) mass is 273 g/mol. The fraction of sp³-hybridized carbons (Fsp3) is 0.600. The predicted molar refractivity (Wildman–Crippen MR) is 79.7 cm³/mol. The lowest BCUT2D eigenvalue weighted by atomic mass is 10.1. The molecule has 0 saturated carbocycles. The van der Waals surface area contributed by atoms with Crippen molar-refractivity contribution < 1.29 is 0 Å². The molecule has 0 aliphatic carbocycles. The fourth-order valence-electron chi connectivity index (χ4n) is 2.91. The standard InChI is InChI=1S/C15H23N5/c1-3-19-5-4-13(10-19)7-16-8-14-9-17-15-6-12(2)18-20(15)11-14/h6,9,11,13,16H,3-5,7-8,10H2,1-2H3. The summed E-state index contributed by atoms with van der Waals surface area (Å²) in [6.07, 6.45) is 5.32. The zero-order chi connectivity index (χ0) is 13.9. The van der Waals surface area contributed by atoms with E-state index in [1.807, 2.05) is 23.7 Å². The Labute approximate surface area is 120 Å². The number of aromatic nitrogens is 3. The third-order valence-corrected chi connectivity index (χ3v) is 4.07. The molecule has 1 atom stereocenters. The van der Waals surface area contributed by atoms with Gasteiger partial charge in [0.25, 0.3) is 0 Å². The Kier molecular flexibility index (Phi) is 3.98. The van der Waals surface area contributed by atoms with Crippen LogP contribution < -0.4 is 5.32 Å². The fourth-order valence-corrected chi connectivity index (χ4v) is 2.91. The molecule has 1 aliphatic heterocycles.